The summed E-state index contributed by atoms with van der Waals surface area (Å²) in [7, 11) is 1.38. The number of aromatic nitrogens is 4. The Morgan fingerprint density at radius 2 is 1.89 bits per heavy atom. The molecule has 11 nitrogen and oxygen atoms in total. The van der Waals surface area contributed by atoms with Crippen molar-refractivity contribution in [3.05, 3.63) is 39.5 Å². The van der Waals surface area contributed by atoms with Gasteiger partial charge in [-0.05, 0) is 0 Å². The highest BCUT2D eigenvalue weighted by Gasteiger charge is 2.37. The van der Waals surface area contributed by atoms with Gasteiger partial charge in [0.2, 0.25) is 11.9 Å². The van der Waals surface area contributed by atoms with Crippen LogP contribution in [0, 0.1) is 0 Å². The number of carbonyl (C=O) groups excluding carboxylic acids is 1. The molecule has 1 aliphatic rings. The fourth-order valence-electron chi connectivity index (χ4n) is 3.51. The van der Waals surface area contributed by atoms with Crippen LogP contribution in [0.15, 0.2) is 23.4 Å². The summed E-state index contributed by atoms with van der Waals surface area (Å²) in [6, 6.07) is -0.706. The highest BCUT2D eigenvalue weighted by molar-refractivity contribution is 6.30. The quantitative estimate of drug-likeness (QED) is 0.448. The predicted octanol–water partition coefficient (Wildman–Crippen LogP) is 1.41. The normalized spacial score (nSPS) is 15.2. The predicted molar refractivity (Wildman–Crippen MR) is 120 cm³/mol. The molecule has 1 amide bonds. The number of hydrogen-bond acceptors (Lipinski definition) is 9. The number of piperazine rings is 1. The fourth-order valence-corrected chi connectivity index (χ4v) is 3.61. The minimum Gasteiger partial charge on any atom is -0.382 e. The monoisotopic (exact) mass is 519 g/mol. The second kappa shape index (κ2) is 12.1. The number of rotatable bonds is 10. The molecule has 35 heavy (non-hydrogen) atoms. The lowest BCUT2D eigenvalue weighted by molar-refractivity contribution is -0.138. The lowest BCUT2D eigenvalue weighted by Gasteiger charge is -2.34. The molecule has 3 rings (SSSR count). The fraction of sp³-hybridized carbons (Fsp3) is 0.550. The van der Waals surface area contributed by atoms with Crippen molar-refractivity contribution in [2.75, 3.05) is 63.3 Å². The number of nitrogens with one attached hydrogen (secondary N) is 2. The third kappa shape index (κ3) is 7.50. The van der Waals surface area contributed by atoms with Crippen molar-refractivity contribution < 1.29 is 27.4 Å². The first-order chi connectivity index (χ1) is 16.7. The van der Waals surface area contributed by atoms with Crippen LogP contribution in [0.3, 0.4) is 0 Å². The highest BCUT2D eigenvalue weighted by atomic mass is 35.5. The third-order valence-electron chi connectivity index (χ3n) is 5.17. The minimum absolute atomic E-state index is 0.00672. The van der Waals surface area contributed by atoms with E-state index in [-0.39, 0.29) is 32.1 Å². The maximum absolute atomic E-state index is 13.2. The first-order valence-corrected chi connectivity index (χ1v) is 11.0. The van der Waals surface area contributed by atoms with Gasteiger partial charge < -0.3 is 24.6 Å². The summed E-state index contributed by atoms with van der Waals surface area (Å²) in [6.45, 7) is 2.16. The van der Waals surface area contributed by atoms with E-state index in [1.165, 1.54) is 19.5 Å². The Kier molecular flexibility index (Phi) is 9.23. The van der Waals surface area contributed by atoms with E-state index in [0.29, 0.717) is 37.1 Å². The van der Waals surface area contributed by atoms with E-state index in [4.69, 9.17) is 21.1 Å². The van der Waals surface area contributed by atoms with Crippen LogP contribution < -0.4 is 15.8 Å². The van der Waals surface area contributed by atoms with Crippen LogP contribution in [0.1, 0.15) is 12.0 Å². The van der Waals surface area contributed by atoms with Crippen molar-refractivity contribution >= 4 is 29.1 Å². The topological polar surface area (TPSA) is 126 Å². The summed E-state index contributed by atoms with van der Waals surface area (Å²) in [6.07, 6.45) is -0.850. The molecule has 1 saturated heterocycles. The molecule has 15 heteroatoms. The third-order valence-corrected chi connectivity index (χ3v) is 5.36. The molecule has 0 aliphatic carbocycles. The van der Waals surface area contributed by atoms with Gasteiger partial charge in [0.25, 0.3) is 5.56 Å². The van der Waals surface area contributed by atoms with E-state index in [2.05, 4.69) is 20.4 Å². The van der Waals surface area contributed by atoms with Crippen molar-refractivity contribution in [1.29, 1.82) is 0 Å². The number of nitrogens with zero attached hydrogens (tertiary/aromatic N) is 5. The Labute approximate surface area is 203 Å². The number of H-pyrrole nitrogens is 1. The number of anilines is 2. The lowest BCUT2D eigenvalue weighted by atomic mass is 10.2. The van der Waals surface area contributed by atoms with Gasteiger partial charge in [-0.15, -0.1) is 0 Å². The van der Waals surface area contributed by atoms with Gasteiger partial charge in [0.05, 0.1) is 61.6 Å². The average Bonchev–Trinajstić information content (AvgIpc) is 2.81. The second-order valence-electron chi connectivity index (χ2n) is 7.68. The van der Waals surface area contributed by atoms with Crippen LogP contribution in [0.2, 0.25) is 5.02 Å². The Morgan fingerprint density at radius 1 is 1.20 bits per heavy atom. The molecule has 2 N–H and O–H groups in total. The van der Waals surface area contributed by atoms with E-state index >= 15 is 0 Å². The van der Waals surface area contributed by atoms with Gasteiger partial charge >= 0.3 is 6.18 Å². The maximum atomic E-state index is 13.2. The van der Waals surface area contributed by atoms with Gasteiger partial charge in [-0.25, -0.2) is 15.1 Å². The van der Waals surface area contributed by atoms with Crippen LogP contribution in [-0.4, -0.2) is 90.1 Å². The standard InChI is InChI=1S/C20H25ClF3N7O4/c1-34-11-14(28-15-10-27-29-18(33)17(15)20(22,23)24)12-35-7-2-16(32)30-3-5-31(6-4-30)19-25-8-13(21)9-26-19/h8-10,14H,2-7,11-12H2,1H3,(H2,28,29,33)/t14-/m0/s1. The molecule has 2 aromatic heterocycles. The van der Waals surface area contributed by atoms with E-state index in [0.717, 1.165) is 6.20 Å². The summed E-state index contributed by atoms with van der Waals surface area (Å²) >= 11 is 5.80. The summed E-state index contributed by atoms with van der Waals surface area (Å²) in [4.78, 5) is 36.1. The van der Waals surface area contributed by atoms with Gasteiger partial charge in [-0.1, -0.05) is 11.6 Å². The van der Waals surface area contributed by atoms with E-state index < -0.39 is 29.0 Å². The largest absolute Gasteiger partial charge is 0.423 e. The molecular formula is C20H25ClF3N7O4. The van der Waals surface area contributed by atoms with Gasteiger partial charge in [0.1, 0.15) is 5.56 Å². The van der Waals surface area contributed by atoms with Crippen molar-refractivity contribution in [1.82, 2.24) is 25.1 Å². The maximum Gasteiger partial charge on any atom is 0.423 e. The van der Waals surface area contributed by atoms with Crippen LogP contribution in [-0.2, 0) is 20.4 Å². The zero-order chi connectivity index (χ0) is 25.4. The van der Waals surface area contributed by atoms with Crippen molar-refractivity contribution in [2.24, 2.45) is 0 Å². The lowest BCUT2D eigenvalue weighted by Crippen LogP contribution is -2.49. The van der Waals surface area contributed by atoms with Gasteiger partial charge in [-0.2, -0.15) is 18.3 Å². The molecule has 0 spiro atoms. The first kappa shape index (κ1) is 26.6. The SMILES string of the molecule is COC[C@@H](COCCC(=O)N1CCN(c2ncc(Cl)cn2)CC1)Nc1cn[nH]c(=O)c1C(F)(F)F. The summed E-state index contributed by atoms with van der Waals surface area (Å²) in [5.41, 5.74) is -3.22. The highest BCUT2D eigenvalue weighted by Crippen LogP contribution is 2.31. The number of alkyl halides is 3. The number of carbonyl (C=O) groups is 1. The van der Waals surface area contributed by atoms with Gasteiger partial charge in [-0.3, -0.25) is 9.59 Å². The molecule has 3 heterocycles. The molecule has 0 radical (unpaired) electrons. The van der Waals surface area contributed by atoms with Gasteiger partial charge in [0, 0.05) is 33.3 Å². The Morgan fingerprint density at radius 3 is 2.51 bits per heavy atom. The van der Waals surface area contributed by atoms with Crippen molar-refractivity contribution in [3.8, 4) is 0 Å². The number of methoxy groups -OCH3 is 1. The van der Waals surface area contributed by atoms with E-state index in [1.54, 1.807) is 10.00 Å². The van der Waals surface area contributed by atoms with Crippen molar-refractivity contribution in [3.63, 3.8) is 0 Å². The number of hydrogen-bond donors (Lipinski definition) is 2. The molecule has 0 unspecified atom stereocenters. The summed E-state index contributed by atoms with van der Waals surface area (Å²) < 4.78 is 50.3. The number of ether oxygens (including phenoxy) is 2. The Balaban J connectivity index is 1.45. The molecule has 1 aliphatic heterocycles. The smallest absolute Gasteiger partial charge is 0.382 e. The van der Waals surface area contributed by atoms with Crippen LogP contribution in [0.5, 0.6) is 0 Å². The number of halogens is 4. The van der Waals surface area contributed by atoms with Crippen LogP contribution in [0.25, 0.3) is 0 Å². The molecule has 0 saturated carbocycles. The van der Waals surface area contributed by atoms with Crippen LogP contribution in [0.4, 0.5) is 24.8 Å². The average molecular weight is 520 g/mol. The molecule has 192 valence electrons. The second-order valence-corrected chi connectivity index (χ2v) is 8.11. The number of aromatic amines is 1. The Bertz CT molecular complexity index is 1030. The zero-order valence-electron chi connectivity index (χ0n) is 18.8. The molecular weight excluding hydrogens is 495 g/mol. The molecule has 0 bridgehead atoms. The summed E-state index contributed by atoms with van der Waals surface area (Å²) in [5, 5.41) is 8.24. The van der Waals surface area contributed by atoms with Crippen molar-refractivity contribution in [2.45, 2.75) is 18.6 Å². The summed E-state index contributed by atoms with van der Waals surface area (Å²) in [5.74, 6) is 0.446. The molecule has 2 aromatic rings. The molecule has 1 fully saturated rings. The van der Waals surface area contributed by atoms with E-state index in [9.17, 15) is 22.8 Å². The Hall–Kier alpha value is -2.97. The molecule has 0 aromatic carbocycles. The van der Waals surface area contributed by atoms with Gasteiger partial charge in [0.15, 0.2) is 0 Å². The number of amides is 1. The minimum atomic E-state index is -4.87. The molecule has 1 atom stereocenters. The first-order valence-electron chi connectivity index (χ1n) is 10.7. The zero-order valence-corrected chi connectivity index (χ0v) is 19.6. The van der Waals surface area contributed by atoms with E-state index in [1.807, 2.05) is 4.90 Å². The van der Waals surface area contributed by atoms with Crippen LogP contribution >= 0.6 is 11.6 Å².